The SMILES string of the molecule is COC(=O)CN(Cc1ccccc1)Cc1nc(-c2cccc([N+](=O)[O-])c2)no1. The highest BCUT2D eigenvalue weighted by molar-refractivity contribution is 5.71. The number of carbonyl (C=O) groups excluding carboxylic acids is 1. The van der Waals surface area contributed by atoms with Gasteiger partial charge in [-0.2, -0.15) is 4.98 Å². The number of carbonyl (C=O) groups is 1. The molecule has 0 aliphatic rings. The molecular weight excluding hydrogens is 364 g/mol. The van der Waals surface area contributed by atoms with Gasteiger partial charge in [0.15, 0.2) is 0 Å². The molecule has 0 radical (unpaired) electrons. The average molecular weight is 382 g/mol. The first-order valence-electron chi connectivity index (χ1n) is 8.45. The number of non-ortho nitro benzene ring substituents is 1. The monoisotopic (exact) mass is 382 g/mol. The number of rotatable bonds is 8. The molecule has 0 amide bonds. The van der Waals surface area contributed by atoms with Crippen LogP contribution in [-0.4, -0.2) is 39.6 Å². The van der Waals surface area contributed by atoms with Gasteiger partial charge in [0.05, 0.1) is 25.1 Å². The van der Waals surface area contributed by atoms with Crippen LogP contribution in [0.5, 0.6) is 0 Å². The number of hydrogen-bond acceptors (Lipinski definition) is 8. The molecule has 0 saturated heterocycles. The second-order valence-electron chi connectivity index (χ2n) is 6.03. The lowest BCUT2D eigenvalue weighted by atomic mass is 10.2. The minimum Gasteiger partial charge on any atom is -0.468 e. The first-order chi connectivity index (χ1) is 13.5. The van der Waals surface area contributed by atoms with E-state index in [0.717, 1.165) is 5.56 Å². The van der Waals surface area contributed by atoms with E-state index < -0.39 is 4.92 Å². The minimum absolute atomic E-state index is 0.0553. The molecule has 0 aliphatic carbocycles. The topological polar surface area (TPSA) is 112 Å². The standard InChI is InChI=1S/C19H18N4O5/c1-27-18(24)13-22(11-14-6-3-2-4-7-14)12-17-20-19(21-28-17)15-8-5-9-16(10-15)23(25)26/h2-10H,11-13H2,1H3. The maximum absolute atomic E-state index is 11.7. The van der Waals surface area contributed by atoms with Gasteiger partial charge in [0.2, 0.25) is 11.7 Å². The first-order valence-corrected chi connectivity index (χ1v) is 8.45. The minimum atomic E-state index is -0.484. The Kier molecular flexibility index (Phi) is 6.07. The highest BCUT2D eigenvalue weighted by Gasteiger charge is 2.18. The van der Waals surface area contributed by atoms with Crippen molar-refractivity contribution >= 4 is 11.7 Å². The van der Waals surface area contributed by atoms with E-state index in [-0.39, 0.29) is 30.6 Å². The van der Waals surface area contributed by atoms with E-state index in [2.05, 4.69) is 10.1 Å². The lowest BCUT2D eigenvalue weighted by molar-refractivity contribution is -0.384. The van der Waals surface area contributed by atoms with Crippen molar-refractivity contribution in [2.45, 2.75) is 13.1 Å². The van der Waals surface area contributed by atoms with Crippen LogP contribution < -0.4 is 0 Å². The van der Waals surface area contributed by atoms with Crippen molar-refractivity contribution in [1.82, 2.24) is 15.0 Å². The molecule has 0 atom stereocenters. The predicted molar refractivity (Wildman–Crippen MR) is 99.0 cm³/mol. The number of benzene rings is 2. The van der Waals surface area contributed by atoms with Crippen LogP contribution in [0.2, 0.25) is 0 Å². The molecule has 28 heavy (non-hydrogen) atoms. The van der Waals surface area contributed by atoms with Crippen molar-refractivity contribution in [1.29, 1.82) is 0 Å². The van der Waals surface area contributed by atoms with Gasteiger partial charge in [-0.05, 0) is 5.56 Å². The zero-order valence-corrected chi connectivity index (χ0v) is 15.1. The van der Waals surface area contributed by atoms with Gasteiger partial charge in [-0.1, -0.05) is 47.6 Å². The summed E-state index contributed by atoms with van der Waals surface area (Å²) in [5.74, 6) is 0.159. The van der Waals surface area contributed by atoms with Crippen LogP contribution in [0.4, 0.5) is 5.69 Å². The highest BCUT2D eigenvalue weighted by Crippen LogP contribution is 2.22. The fourth-order valence-electron chi connectivity index (χ4n) is 2.64. The number of nitro benzene ring substituents is 1. The Labute approximate surface area is 160 Å². The fourth-order valence-corrected chi connectivity index (χ4v) is 2.64. The van der Waals surface area contributed by atoms with Gasteiger partial charge >= 0.3 is 5.97 Å². The molecule has 9 heteroatoms. The summed E-state index contributed by atoms with van der Waals surface area (Å²) in [7, 11) is 1.33. The summed E-state index contributed by atoms with van der Waals surface area (Å²) in [6.07, 6.45) is 0. The number of aromatic nitrogens is 2. The fraction of sp³-hybridized carbons (Fsp3) is 0.211. The average Bonchev–Trinajstić information content (AvgIpc) is 3.17. The van der Waals surface area contributed by atoms with Crippen molar-refractivity contribution < 1.29 is 19.0 Å². The second kappa shape index (κ2) is 8.87. The smallest absolute Gasteiger partial charge is 0.319 e. The Morgan fingerprint density at radius 1 is 1.18 bits per heavy atom. The van der Waals surface area contributed by atoms with Gasteiger partial charge in [-0.25, -0.2) is 0 Å². The molecule has 2 aromatic carbocycles. The zero-order chi connectivity index (χ0) is 19.9. The Hall–Kier alpha value is -3.59. The molecule has 3 rings (SSSR count). The normalized spacial score (nSPS) is 10.8. The van der Waals surface area contributed by atoms with Crippen molar-refractivity contribution in [3.8, 4) is 11.4 Å². The summed E-state index contributed by atoms with van der Waals surface area (Å²) in [4.78, 5) is 28.3. The van der Waals surface area contributed by atoms with E-state index >= 15 is 0 Å². The number of nitrogens with zero attached hydrogens (tertiary/aromatic N) is 4. The lowest BCUT2D eigenvalue weighted by Gasteiger charge is -2.19. The third-order valence-corrected chi connectivity index (χ3v) is 3.97. The zero-order valence-electron chi connectivity index (χ0n) is 15.1. The van der Waals surface area contributed by atoms with Gasteiger partial charge in [0.25, 0.3) is 5.69 Å². The number of ether oxygens (including phenoxy) is 1. The molecule has 144 valence electrons. The number of esters is 1. The van der Waals surface area contributed by atoms with Crippen molar-refractivity contribution in [3.63, 3.8) is 0 Å². The molecule has 3 aromatic rings. The quantitative estimate of drug-likeness (QED) is 0.332. The molecule has 0 fully saturated rings. The van der Waals surface area contributed by atoms with Crippen LogP contribution in [0.15, 0.2) is 59.1 Å². The summed E-state index contributed by atoms with van der Waals surface area (Å²) in [5, 5.41) is 14.8. The summed E-state index contributed by atoms with van der Waals surface area (Å²) in [5.41, 5.74) is 1.44. The van der Waals surface area contributed by atoms with Crippen molar-refractivity contribution in [2.75, 3.05) is 13.7 Å². The van der Waals surface area contributed by atoms with Crippen LogP contribution in [0.25, 0.3) is 11.4 Å². The summed E-state index contributed by atoms with van der Waals surface area (Å²) < 4.78 is 10.0. The summed E-state index contributed by atoms with van der Waals surface area (Å²) in [6.45, 7) is 0.774. The maximum Gasteiger partial charge on any atom is 0.319 e. The van der Waals surface area contributed by atoms with Crippen LogP contribution in [0.1, 0.15) is 11.5 Å². The van der Waals surface area contributed by atoms with E-state index in [9.17, 15) is 14.9 Å². The lowest BCUT2D eigenvalue weighted by Crippen LogP contribution is -2.30. The molecule has 1 heterocycles. The highest BCUT2D eigenvalue weighted by atomic mass is 16.6. The summed E-state index contributed by atoms with van der Waals surface area (Å²) >= 11 is 0. The van der Waals surface area contributed by atoms with E-state index in [4.69, 9.17) is 9.26 Å². The molecule has 1 aromatic heterocycles. The molecule has 0 aliphatic heterocycles. The number of hydrogen-bond donors (Lipinski definition) is 0. The molecule has 0 saturated carbocycles. The van der Waals surface area contributed by atoms with Crippen molar-refractivity contribution in [3.05, 3.63) is 76.2 Å². The Bertz CT molecular complexity index is 958. The predicted octanol–water partition coefficient (Wildman–Crippen LogP) is 2.82. The van der Waals surface area contributed by atoms with Gasteiger partial charge in [0.1, 0.15) is 0 Å². The molecule has 9 nitrogen and oxygen atoms in total. The molecule has 0 bridgehead atoms. The first kappa shape index (κ1) is 19.2. The third kappa shape index (κ3) is 4.98. The number of nitro groups is 1. The maximum atomic E-state index is 11.7. The largest absolute Gasteiger partial charge is 0.468 e. The Morgan fingerprint density at radius 2 is 1.96 bits per heavy atom. The Balaban J connectivity index is 1.77. The van der Waals surface area contributed by atoms with Crippen LogP contribution in [0.3, 0.4) is 0 Å². The summed E-state index contributed by atoms with van der Waals surface area (Å²) in [6, 6.07) is 15.6. The van der Waals surface area contributed by atoms with Gasteiger partial charge in [-0.15, -0.1) is 0 Å². The van der Waals surface area contributed by atoms with E-state index in [0.29, 0.717) is 18.0 Å². The van der Waals surface area contributed by atoms with Crippen LogP contribution >= 0.6 is 0 Å². The second-order valence-corrected chi connectivity index (χ2v) is 6.03. The van der Waals surface area contributed by atoms with Gasteiger partial charge in [-0.3, -0.25) is 19.8 Å². The van der Waals surface area contributed by atoms with E-state index in [1.165, 1.54) is 19.2 Å². The Morgan fingerprint density at radius 3 is 2.68 bits per heavy atom. The number of methoxy groups -OCH3 is 1. The van der Waals surface area contributed by atoms with Gasteiger partial charge in [0, 0.05) is 24.2 Å². The van der Waals surface area contributed by atoms with E-state index in [1.54, 1.807) is 12.1 Å². The van der Waals surface area contributed by atoms with Crippen LogP contribution in [-0.2, 0) is 22.6 Å². The molecular formula is C19H18N4O5. The van der Waals surface area contributed by atoms with Crippen molar-refractivity contribution in [2.24, 2.45) is 0 Å². The third-order valence-electron chi connectivity index (χ3n) is 3.97. The molecule has 0 unspecified atom stereocenters. The molecule has 0 N–H and O–H groups in total. The van der Waals surface area contributed by atoms with E-state index in [1.807, 2.05) is 35.2 Å². The molecule has 0 spiro atoms. The van der Waals surface area contributed by atoms with Gasteiger partial charge < -0.3 is 9.26 Å². The van der Waals surface area contributed by atoms with Crippen LogP contribution in [0, 0.1) is 10.1 Å².